The lowest BCUT2D eigenvalue weighted by Gasteiger charge is -2.05. The van der Waals surface area contributed by atoms with Gasteiger partial charge in [-0.25, -0.2) is 4.68 Å². The Kier molecular flexibility index (Phi) is 5.01. The third-order valence-electron chi connectivity index (χ3n) is 3.68. The average Bonchev–Trinajstić information content (AvgIpc) is 2.95. The second kappa shape index (κ2) is 7.21. The molecule has 0 aliphatic heterocycles. The number of benzene rings is 2. The summed E-state index contributed by atoms with van der Waals surface area (Å²) in [6.07, 6.45) is 3.40. The molecule has 0 aliphatic rings. The number of nitrogens with one attached hydrogen (secondary N) is 1. The van der Waals surface area contributed by atoms with E-state index in [1.54, 1.807) is 47.5 Å². The Hall–Kier alpha value is -2.44. The highest BCUT2D eigenvalue weighted by atomic mass is 35.5. The van der Waals surface area contributed by atoms with Gasteiger partial charge in [0.1, 0.15) is 0 Å². The number of hydrogen-bond acceptors (Lipinski definition) is 3. The van der Waals surface area contributed by atoms with Crippen LogP contribution in [0.4, 0.5) is 5.82 Å². The first-order chi connectivity index (χ1) is 12.0. The van der Waals surface area contributed by atoms with Crippen molar-refractivity contribution in [3.63, 3.8) is 0 Å². The Bertz CT molecular complexity index is 951. The van der Waals surface area contributed by atoms with Crippen LogP contribution >= 0.6 is 11.6 Å². The molecule has 1 aromatic heterocycles. The number of aromatic nitrogens is 2. The summed E-state index contributed by atoms with van der Waals surface area (Å²) in [7, 11) is -1.07. The third kappa shape index (κ3) is 3.81. The molecule has 0 spiro atoms. The van der Waals surface area contributed by atoms with Crippen LogP contribution in [0.15, 0.2) is 59.6 Å². The Morgan fingerprint density at radius 1 is 1.16 bits per heavy atom. The van der Waals surface area contributed by atoms with Crippen LogP contribution in [0.3, 0.4) is 0 Å². The predicted molar refractivity (Wildman–Crippen MR) is 100 cm³/mol. The van der Waals surface area contributed by atoms with E-state index in [-0.39, 0.29) is 5.91 Å². The van der Waals surface area contributed by atoms with Crippen LogP contribution in [0.25, 0.3) is 5.69 Å². The van der Waals surface area contributed by atoms with Gasteiger partial charge in [-0.05, 0) is 43.3 Å². The van der Waals surface area contributed by atoms with Gasteiger partial charge in [0.15, 0.2) is 5.82 Å². The smallest absolute Gasteiger partial charge is 0.256 e. The van der Waals surface area contributed by atoms with E-state index in [4.69, 9.17) is 11.6 Å². The SMILES string of the molecule is Cc1cn(-c2ccccc2Cl)nc1NC(=O)c1ccc([S@@](C)=O)cc1. The second-order valence-electron chi connectivity index (χ2n) is 5.49. The van der Waals surface area contributed by atoms with E-state index in [9.17, 15) is 9.00 Å². The van der Waals surface area contributed by atoms with Crippen molar-refractivity contribution in [1.82, 2.24) is 9.78 Å². The summed E-state index contributed by atoms with van der Waals surface area (Å²) in [6, 6.07) is 14.0. The molecule has 5 nitrogen and oxygen atoms in total. The Morgan fingerprint density at radius 3 is 2.48 bits per heavy atom. The average molecular weight is 374 g/mol. The first-order valence-corrected chi connectivity index (χ1v) is 9.45. The van der Waals surface area contributed by atoms with Crippen molar-refractivity contribution in [2.75, 3.05) is 11.6 Å². The van der Waals surface area contributed by atoms with Gasteiger partial charge in [-0.15, -0.1) is 5.10 Å². The molecule has 3 rings (SSSR count). The largest absolute Gasteiger partial charge is 0.305 e. The maximum Gasteiger partial charge on any atom is 0.256 e. The molecule has 0 fully saturated rings. The quantitative estimate of drug-likeness (QED) is 0.756. The van der Waals surface area contributed by atoms with Gasteiger partial charge >= 0.3 is 0 Å². The molecule has 128 valence electrons. The lowest BCUT2D eigenvalue weighted by Crippen LogP contribution is -2.13. The maximum atomic E-state index is 12.4. The summed E-state index contributed by atoms with van der Waals surface area (Å²) in [5.41, 5.74) is 2.03. The Morgan fingerprint density at radius 2 is 1.84 bits per heavy atom. The van der Waals surface area contributed by atoms with E-state index < -0.39 is 10.8 Å². The van der Waals surface area contributed by atoms with Gasteiger partial charge in [-0.3, -0.25) is 9.00 Å². The molecular weight excluding hydrogens is 358 g/mol. The molecule has 1 amide bonds. The van der Waals surface area contributed by atoms with Gasteiger partial charge in [0.05, 0.1) is 10.7 Å². The zero-order valence-electron chi connectivity index (χ0n) is 13.7. The van der Waals surface area contributed by atoms with Crippen LogP contribution in [0.5, 0.6) is 0 Å². The molecular formula is C18H16ClN3O2S. The monoisotopic (exact) mass is 373 g/mol. The van der Waals surface area contributed by atoms with Crippen molar-refractivity contribution in [3.8, 4) is 5.69 Å². The summed E-state index contributed by atoms with van der Waals surface area (Å²) >= 11 is 6.19. The van der Waals surface area contributed by atoms with E-state index >= 15 is 0 Å². The molecule has 1 heterocycles. The molecule has 25 heavy (non-hydrogen) atoms. The number of nitrogens with zero attached hydrogens (tertiary/aromatic N) is 2. The molecule has 2 aromatic carbocycles. The number of rotatable bonds is 4. The summed E-state index contributed by atoms with van der Waals surface area (Å²) in [6.45, 7) is 1.86. The van der Waals surface area contributed by atoms with Crippen LogP contribution in [0.2, 0.25) is 5.02 Å². The molecule has 0 saturated carbocycles. The van der Waals surface area contributed by atoms with Crippen LogP contribution in [-0.2, 0) is 10.8 Å². The van der Waals surface area contributed by atoms with Gasteiger partial charge in [-0.2, -0.15) is 0 Å². The molecule has 0 unspecified atom stereocenters. The van der Waals surface area contributed by atoms with Crippen LogP contribution in [-0.4, -0.2) is 26.2 Å². The minimum atomic E-state index is -1.07. The van der Waals surface area contributed by atoms with Gasteiger partial charge in [0, 0.05) is 39.3 Å². The van der Waals surface area contributed by atoms with E-state index in [0.717, 1.165) is 11.3 Å². The van der Waals surface area contributed by atoms with Crippen LogP contribution < -0.4 is 5.32 Å². The van der Waals surface area contributed by atoms with E-state index in [2.05, 4.69) is 10.4 Å². The zero-order valence-corrected chi connectivity index (χ0v) is 15.3. The van der Waals surface area contributed by atoms with Crippen molar-refractivity contribution in [1.29, 1.82) is 0 Å². The van der Waals surface area contributed by atoms with Gasteiger partial charge < -0.3 is 5.32 Å². The summed E-state index contributed by atoms with van der Waals surface area (Å²) in [5, 5.41) is 7.77. The number of aryl methyl sites for hydroxylation is 1. The minimum Gasteiger partial charge on any atom is -0.305 e. The number of anilines is 1. The van der Waals surface area contributed by atoms with Crippen LogP contribution in [0, 0.1) is 6.92 Å². The molecule has 0 aliphatic carbocycles. The first kappa shape index (κ1) is 17.4. The van der Waals surface area contributed by atoms with Gasteiger partial charge in [0.2, 0.25) is 0 Å². The number of hydrogen-bond donors (Lipinski definition) is 1. The van der Waals surface area contributed by atoms with E-state index in [0.29, 0.717) is 21.3 Å². The Labute approximate surface area is 153 Å². The highest BCUT2D eigenvalue weighted by molar-refractivity contribution is 7.84. The standard InChI is InChI=1S/C18H16ClN3O2S/c1-12-11-22(16-6-4-3-5-15(16)19)21-17(12)20-18(23)13-7-9-14(10-8-13)25(2)24/h3-11H,1-2H3,(H,20,21,23)/t25-/m1/s1. The molecule has 7 heteroatoms. The lowest BCUT2D eigenvalue weighted by atomic mass is 10.2. The van der Waals surface area contributed by atoms with E-state index in [1.165, 1.54) is 0 Å². The molecule has 0 radical (unpaired) electrons. The fraction of sp³-hybridized carbons (Fsp3) is 0.111. The third-order valence-corrected chi connectivity index (χ3v) is 4.93. The molecule has 3 aromatic rings. The fourth-order valence-electron chi connectivity index (χ4n) is 2.32. The number of carbonyl (C=O) groups is 1. The highest BCUT2D eigenvalue weighted by Gasteiger charge is 2.13. The van der Waals surface area contributed by atoms with Crippen molar-refractivity contribution in [2.45, 2.75) is 11.8 Å². The van der Waals surface area contributed by atoms with Crippen molar-refractivity contribution < 1.29 is 9.00 Å². The lowest BCUT2D eigenvalue weighted by molar-refractivity contribution is 0.102. The molecule has 1 atom stereocenters. The van der Waals surface area contributed by atoms with Crippen molar-refractivity contribution in [3.05, 3.63) is 70.9 Å². The number of amides is 1. The molecule has 1 N–H and O–H groups in total. The zero-order chi connectivity index (χ0) is 18.0. The Balaban J connectivity index is 1.82. The molecule has 0 bridgehead atoms. The number of halogens is 1. The van der Waals surface area contributed by atoms with E-state index in [1.807, 2.05) is 25.1 Å². The minimum absolute atomic E-state index is 0.277. The second-order valence-corrected chi connectivity index (χ2v) is 7.28. The predicted octanol–water partition coefficient (Wildman–Crippen LogP) is 3.82. The maximum absolute atomic E-state index is 12.4. The summed E-state index contributed by atoms with van der Waals surface area (Å²) < 4.78 is 13.0. The normalized spacial score (nSPS) is 12.0. The number of para-hydroxylation sites is 1. The summed E-state index contributed by atoms with van der Waals surface area (Å²) in [4.78, 5) is 13.1. The fourth-order valence-corrected chi connectivity index (χ4v) is 3.06. The van der Waals surface area contributed by atoms with Crippen LogP contribution in [0.1, 0.15) is 15.9 Å². The topological polar surface area (TPSA) is 64.0 Å². The first-order valence-electron chi connectivity index (χ1n) is 7.51. The molecule has 0 saturated heterocycles. The highest BCUT2D eigenvalue weighted by Crippen LogP contribution is 2.22. The summed E-state index contributed by atoms with van der Waals surface area (Å²) in [5.74, 6) is 0.189. The van der Waals surface area contributed by atoms with Crippen molar-refractivity contribution in [2.24, 2.45) is 0 Å². The number of carbonyl (C=O) groups excluding carboxylic acids is 1. The van der Waals surface area contributed by atoms with Gasteiger partial charge in [-0.1, -0.05) is 23.7 Å². The van der Waals surface area contributed by atoms with Gasteiger partial charge in [0.25, 0.3) is 5.91 Å². The van der Waals surface area contributed by atoms with Crippen molar-refractivity contribution >= 4 is 34.1 Å².